The number of amides is 1. The SMILES string of the molecule is Cc1cccc(/C=C/C(=O)Nc2cccc(S(=O)(=O)NC3=NCCC3)c2)c1. The average Bonchev–Trinajstić information content (AvgIpc) is 3.13. The summed E-state index contributed by atoms with van der Waals surface area (Å²) in [5.41, 5.74) is 2.43. The summed E-state index contributed by atoms with van der Waals surface area (Å²) >= 11 is 0. The third-order valence-corrected chi connectivity index (χ3v) is 5.39. The number of benzene rings is 2. The minimum Gasteiger partial charge on any atom is -0.322 e. The molecule has 0 saturated carbocycles. The second kappa shape index (κ2) is 8.18. The average molecular weight is 383 g/mol. The maximum absolute atomic E-state index is 12.5. The highest BCUT2D eigenvalue weighted by Gasteiger charge is 2.18. The van der Waals surface area contributed by atoms with Gasteiger partial charge >= 0.3 is 0 Å². The van der Waals surface area contributed by atoms with Crippen molar-refractivity contribution in [2.24, 2.45) is 4.99 Å². The zero-order valence-electron chi connectivity index (χ0n) is 15.0. The molecule has 0 atom stereocenters. The van der Waals surface area contributed by atoms with Crippen LogP contribution in [-0.2, 0) is 14.8 Å². The number of anilines is 1. The zero-order valence-corrected chi connectivity index (χ0v) is 15.8. The molecule has 0 unspecified atom stereocenters. The van der Waals surface area contributed by atoms with Crippen molar-refractivity contribution in [1.29, 1.82) is 0 Å². The summed E-state index contributed by atoms with van der Waals surface area (Å²) in [6, 6.07) is 13.9. The van der Waals surface area contributed by atoms with Crippen LogP contribution in [-0.4, -0.2) is 26.7 Å². The topological polar surface area (TPSA) is 87.6 Å². The molecule has 0 bridgehead atoms. The van der Waals surface area contributed by atoms with Gasteiger partial charge in [0.1, 0.15) is 5.84 Å². The summed E-state index contributed by atoms with van der Waals surface area (Å²) in [4.78, 5) is 16.3. The first kappa shape index (κ1) is 18.8. The quantitative estimate of drug-likeness (QED) is 0.778. The van der Waals surface area contributed by atoms with E-state index in [1.54, 1.807) is 18.2 Å². The molecule has 1 amide bonds. The molecule has 0 aromatic heterocycles. The lowest BCUT2D eigenvalue weighted by atomic mass is 10.1. The van der Waals surface area contributed by atoms with Crippen molar-refractivity contribution in [2.45, 2.75) is 24.7 Å². The molecule has 0 fully saturated rings. The lowest BCUT2D eigenvalue weighted by Crippen LogP contribution is -2.29. The first-order chi connectivity index (χ1) is 12.9. The predicted octanol–water partition coefficient (Wildman–Crippen LogP) is 3.12. The van der Waals surface area contributed by atoms with Gasteiger partial charge in [-0.05, 0) is 43.2 Å². The Balaban J connectivity index is 1.69. The van der Waals surface area contributed by atoms with Crippen LogP contribution in [0.15, 0.2) is 64.5 Å². The predicted molar refractivity (Wildman–Crippen MR) is 107 cm³/mol. The van der Waals surface area contributed by atoms with Gasteiger partial charge in [0.05, 0.1) is 4.90 Å². The largest absolute Gasteiger partial charge is 0.322 e. The minimum atomic E-state index is -3.71. The number of nitrogens with zero attached hydrogens (tertiary/aromatic N) is 1. The Kier molecular flexibility index (Phi) is 5.71. The fourth-order valence-electron chi connectivity index (χ4n) is 2.71. The Morgan fingerprint density at radius 1 is 1.15 bits per heavy atom. The van der Waals surface area contributed by atoms with Gasteiger partial charge < -0.3 is 5.32 Å². The number of nitrogens with one attached hydrogen (secondary N) is 2. The van der Waals surface area contributed by atoms with E-state index in [4.69, 9.17) is 0 Å². The molecule has 1 aliphatic heterocycles. The third-order valence-electron chi connectivity index (χ3n) is 4.01. The van der Waals surface area contributed by atoms with E-state index >= 15 is 0 Å². The van der Waals surface area contributed by atoms with Gasteiger partial charge in [-0.25, -0.2) is 8.42 Å². The molecule has 1 aliphatic rings. The van der Waals surface area contributed by atoms with Crippen molar-refractivity contribution >= 4 is 33.5 Å². The normalized spacial score (nSPS) is 14.2. The van der Waals surface area contributed by atoms with Gasteiger partial charge in [-0.2, -0.15) is 0 Å². The summed E-state index contributed by atoms with van der Waals surface area (Å²) in [5.74, 6) is 0.143. The number of carbonyl (C=O) groups excluding carboxylic acids is 1. The summed E-state index contributed by atoms with van der Waals surface area (Å²) in [6.07, 6.45) is 4.60. The fourth-order valence-corrected chi connectivity index (χ4v) is 3.84. The number of aryl methyl sites for hydroxylation is 1. The Hall–Kier alpha value is -2.93. The Morgan fingerprint density at radius 2 is 1.96 bits per heavy atom. The Morgan fingerprint density at radius 3 is 2.70 bits per heavy atom. The van der Waals surface area contributed by atoms with E-state index in [1.807, 2.05) is 31.2 Å². The highest BCUT2D eigenvalue weighted by Crippen LogP contribution is 2.16. The molecule has 0 radical (unpaired) electrons. The lowest BCUT2D eigenvalue weighted by Gasteiger charge is -2.09. The molecule has 3 rings (SSSR count). The molecule has 7 heteroatoms. The summed E-state index contributed by atoms with van der Waals surface area (Å²) < 4.78 is 27.4. The maximum Gasteiger partial charge on any atom is 0.262 e. The first-order valence-electron chi connectivity index (χ1n) is 8.64. The number of carbonyl (C=O) groups is 1. The second-order valence-electron chi connectivity index (χ2n) is 6.30. The van der Waals surface area contributed by atoms with Crippen LogP contribution in [0.3, 0.4) is 0 Å². The van der Waals surface area contributed by atoms with Gasteiger partial charge in [-0.3, -0.25) is 14.5 Å². The van der Waals surface area contributed by atoms with E-state index in [9.17, 15) is 13.2 Å². The number of hydrogen-bond donors (Lipinski definition) is 2. The minimum absolute atomic E-state index is 0.0811. The number of rotatable bonds is 5. The second-order valence-corrected chi connectivity index (χ2v) is 7.98. The molecule has 140 valence electrons. The van der Waals surface area contributed by atoms with Gasteiger partial charge in [0.2, 0.25) is 5.91 Å². The molecular weight excluding hydrogens is 362 g/mol. The van der Waals surface area contributed by atoms with Crippen LogP contribution in [0.4, 0.5) is 5.69 Å². The zero-order chi connectivity index (χ0) is 19.3. The number of hydrogen-bond acceptors (Lipinski definition) is 4. The molecule has 2 N–H and O–H groups in total. The molecule has 27 heavy (non-hydrogen) atoms. The van der Waals surface area contributed by atoms with Crippen molar-refractivity contribution in [3.8, 4) is 0 Å². The lowest BCUT2D eigenvalue weighted by molar-refractivity contribution is -0.111. The Labute approximate surface area is 159 Å². The third kappa shape index (κ3) is 5.27. The van der Waals surface area contributed by atoms with Crippen molar-refractivity contribution in [3.63, 3.8) is 0 Å². The number of sulfonamides is 1. The highest BCUT2D eigenvalue weighted by molar-refractivity contribution is 7.90. The van der Waals surface area contributed by atoms with Gasteiger partial charge in [0, 0.05) is 24.7 Å². The van der Waals surface area contributed by atoms with E-state index in [0.29, 0.717) is 24.5 Å². The van der Waals surface area contributed by atoms with Crippen molar-refractivity contribution in [2.75, 3.05) is 11.9 Å². The molecule has 2 aromatic carbocycles. The maximum atomic E-state index is 12.5. The van der Waals surface area contributed by atoms with E-state index in [0.717, 1.165) is 17.5 Å². The van der Waals surface area contributed by atoms with Crippen molar-refractivity contribution in [3.05, 3.63) is 65.7 Å². The molecule has 2 aromatic rings. The van der Waals surface area contributed by atoms with Crippen LogP contribution >= 0.6 is 0 Å². The highest BCUT2D eigenvalue weighted by atomic mass is 32.2. The van der Waals surface area contributed by atoms with Gasteiger partial charge in [-0.15, -0.1) is 0 Å². The van der Waals surface area contributed by atoms with Crippen LogP contribution in [0.5, 0.6) is 0 Å². The first-order valence-corrected chi connectivity index (χ1v) is 10.1. The van der Waals surface area contributed by atoms with Gasteiger partial charge in [-0.1, -0.05) is 35.9 Å². The van der Waals surface area contributed by atoms with Crippen LogP contribution in [0.25, 0.3) is 6.08 Å². The van der Waals surface area contributed by atoms with Crippen molar-refractivity contribution < 1.29 is 13.2 Å². The fraction of sp³-hybridized carbons (Fsp3) is 0.200. The summed E-state index contributed by atoms with van der Waals surface area (Å²) in [5, 5.41) is 2.68. The van der Waals surface area contributed by atoms with Crippen LogP contribution in [0, 0.1) is 6.92 Å². The van der Waals surface area contributed by atoms with Crippen molar-refractivity contribution in [1.82, 2.24) is 4.72 Å². The smallest absolute Gasteiger partial charge is 0.262 e. The molecule has 6 nitrogen and oxygen atoms in total. The van der Waals surface area contributed by atoms with E-state index in [-0.39, 0.29) is 10.8 Å². The van der Waals surface area contributed by atoms with E-state index < -0.39 is 10.0 Å². The monoisotopic (exact) mass is 383 g/mol. The van der Waals surface area contributed by atoms with E-state index in [2.05, 4.69) is 15.0 Å². The number of amidine groups is 1. The molecule has 0 saturated heterocycles. The number of aliphatic imine (C=N–C) groups is 1. The molecule has 0 aliphatic carbocycles. The van der Waals surface area contributed by atoms with Crippen LogP contribution < -0.4 is 10.0 Å². The standard InChI is InChI=1S/C20H21N3O3S/c1-15-5-2-6-16(13-15)10-11-20(24)22-17-7-3-8-18(14-17)27(25,26)23-19-9-4-12-21-19/h2-3,5-8,10-11,13-14H,4,9,12H2,1H3,(H,21,23)(H,22,24)/b11-10+. The van der Waals surface area contributed by atoms with Crippen LogP contribution in [0.2, 0.25) is 0 Å². The van der Waals surface area contributed by atoms with E-state index in [1.165, 1.54) is 18.2 Å². The summed E-state index contributed by atoms with van der Waals surface area (Å²) in [7, 11) is -3.71. The summed E-state index contributed by atoms with van der Waals surface area (Å²) in [6.45, 7) is 2.62. The van der Waals surface area contributed by atoms with Crippen LogP contribution in [0.1, 0.15) is 24.0 Å². The molecule has 1 heterocycles. The van der Waals surface area contributed by atoms with Gasteiger partial charge in [0.15, 0.2) is 0 Å². The molecular formula is C20H21N3O3S. The molecule has 0 spiro atoms. The van der Waals surface area contributed by atoms with Gasteiger partial charge in [0.25, 0.3) is 10.0 Å². The Bertz CT molecular complexity index is 1010.